The van der Waals surface area contributed by atoms with Crippen LogP contribution in [0.25, 0.3) is 0 Å². The summed E-state index contributed by atoms with van der Waals surface area (Å²) in [5.41, 5.74) is 0. The number of hydrogen-bond donors (Lipinski definition) is 10. The number of carboxylic acid groups (broad SMARTS) is 7. The average Bonchev–Trinajstić information content (AvgIpc) is 1.11. The third-order valence-corrected chi connectivity index (χ3v) is 28.4. The van der Waals surface area contributed by atoms with Gasteiger partial charge in [0.05, 0.1) is 13.2 Å². The number of carbonyl (C=O) groups is 7. The Morgan fingerprint density at radius 1 is 0.116 bits per heavy atom. The fourth-order valence-electron chi connectivity index (χ4n) is 18.6. The van der Waals surface area contributed by atoms with E-state index in [2.05, 4.69) is 48.5 Å². The number of hydrogen-bond acceptors (Lipinski definition) is 10. The molecule has 0 saturated heterocycles. The smallest absolute Gasteiger partial charge is 0.303 e. The molecule has 878 valence electrons. The summed E-state index contributed by atoms with van der Waals surface area (Å²) in [6, 6.07) is 0. The molecule has 0 spiro atoms. The minimum Gasteiger partial charge on any atom is -0.481 e. The number of carboxylic acids is 7. The first-order valence-corrected chi connectivity index (χ1v) is 64.6. The number of aliphatic hydroxyl groups is 3. The van der Waals surface area contributed by atoms with Crippen molar-refractivity contribution in [1.29, 1.82) is 0 Å². The molecule has 0 radical (unpaired) electrons. The van der Waals surface area contributed by atoms with Crippen molar-refractivity contribution < 1.29 is 84.6 Å². The highest BCUT2D eigenvalue weighted by Gasteiger charge is 2.07. The molecule has 0 aromatic heterocycles. The van der Waals surface area contributed by atoms with Crippen LogP contribution in [0, 0.1) is 0 Å². The van der Waals surface area contributed by atoms with E-state index in [1.54, 1.807) is 0 Å². The molecule has 0 aromatic rings. The van der Waals surface area contributed by atoms with Crippen molar-refractivity contribution in [2.24, 2.45) is 0 Å². The summed E-state index contributed by atoms with van der Waals surface area (Å²) in [4.78, 5) is 72.3. The van der Waals surface area contributed by atoms with Gasteiger partial charge in [-0.05, 0) is 44.9 Å². The quantitative estimate of drug-likeness (QED) is 0.0253. The molecule has 10 N–H and O–H groups in total. The molecule has 17 heteroatoms. The fraction of sp³-hybridized carbons (Fsp3) is 0.946. The zero-order valence-electron chi connectivity index (χ0n) is 99.0. The van der Waals surface area contributed by atoms with Gasteiger partial charge in [-0.2, -0.15) is 0 Å². The summed E-state index contributed by atoms with van der Waals surface area (Å²) < 4.78 is 0. The lowest BCUT2D eigenvalue weighted by Gasteiger charge is -2.03. The summed E-state index contributed by atoms with van der Waals surface area (Å²) >= 11 is 0. The van der Waals surface area contributed by atoms with E-state index >= 15 is 0 Å². The Hall–Kier alpha value is -3.83. The Balaban J connectivity index is -0.000000251. The molecule has 0 unspecified atom stereocenters. The molecular weight excluding hydrogens is 1820 g/mol. The number of unbranched alkanes of at least 4 members (excludes halogenated alkanes) is 98. The predicted octanol–water partition coefficient (Wildman–Crippen LogP) is 42.7. The summed E-state index contributed by atoms with van der Waals surface area (Å²) in [7, 11) is 0. The Bertz CT molecular complexity index is 1940. The Morgan fingerprint density at radius 3 is 0.212 bits per heavy atom. The van der Waals surface area contributed by atoms with Crippen LogP contribution >= 0.6 is 0 Å². The van der Waals surface area contributed by atoms with Crippen LogP contribution in [0.2, 0.25) is 0 Å². The topological polar surface area (TPSA) is 322 Å². The average molecular weight is 2080 g/mol. The summed E-state index contributed by atoms with van der Waals surface area (Å²) in [6.07, 6.45) is 140. The predicted molar refractivity (Wildman–Crippen MR) is 630 cm³/mol. The van der Waals surface area contributed by atoms with Crippen molar-refractivity contribution in [3.63, 3.8) is 0 Å². The molecule has 0 heterocycles. The van der Waals surface area contributed by atoms with Crippen molar-refractivity contribution in [2.75, 3.05) is 13.2 Å². The van der Waals surface area contributed by atoms with E-state index in [4.69, 9.17) is 51.1 Å². The van der Waals surface area contributed by atoms with Gasteiger partial charge in [0.25, 0.3) is 0 Å². The molecule has 0 aliphatic carbocycles. The molecule has 0 bridgehead atoms. The lowest BCUT2D eigenvalue weighted by Crippen LogP contribution is -2.15. The van der Waals surface area contributed by atoms with Crippen LogP contribution in [0.3, 0.4) is 0 Å². The fourth-order valence-corrected chi connectivity index (χ4v) is 18.6. The maximum absolute atomic E-state index is 10.3. The molecule has 0 saturated carbocycles. The lowest BCUT2D eigenvalue weighted by atomic mass is 10.0. The van der Waals surface area contributed by atoms with Crippen molar-refractivity contribution >= 4 is 41.8 Å². The first kappa shape index (κ1) is 157. The van der Waals surface area contributed by atoms with Crippen molar-refractivity contribution in [3.05, 3.63) is 0 Å². The molecule has 0 atom stereocenters. The van der Waals surface area contributed by atoms with Crippen LogP contribution in [0.1, 0.15) is 768 Å². The first-order valence-electron chi connectivity index (χ1n) is 64.6. The van der Waals surface area contributed by atoms with E-state index in [-0.39, 0.29) is 13.2 Å². The van der Waals surface area contributed by atoms with E-state index in [0.717, 1.165) is 89.9 Å². The third kappa shape index (κ3) is 191. The standard InChI is InChI=1S/7C18H36O2.C3H8O3/c7*1-2-3-4-5-6-7-8-9-10-11-12-13-14-15-16-17-18(19)20;4-1-3(6)2-5/h7*2-17H2,1H3,(H,19,20);3-6H,1-2H2. The van der Waals surface area contributed by atoms with Crippen LogP contribution in [0.5, 0.6) is 0 Å². The van der Waals surface area contributed by atoms with Crippen LogP contribution in [-0.4, -0.2) is 112 Å². The number of aliphatic carboxylic acids is 7. The number of aliphatic hydroxyl groups excluding tert-OH is 3. The molecule has 146 heavy (non-hydrogen) atoms. The Kier molecular flexibility index (Phi) is 166. The molecule has 17 nitrogen and oxygen atoms in total. The van der Waals surface area contributed by atoms with Crippen LogP contribution < -0.4 is 0 Å². The van der Waals surface area contributed by atoms with Gasteiger partial charge in [-0.3, -0.25) is 33.6 Å². The van der Waals surface area contributed by atoms with E-state index in [1.807, 2.05) is 0 Å². The minimum absolute atomic E-state index is 0.345. The molecule has 0 rings (SSSR count). The normalized spacial score (nSPS) is 10.8. The monoisotopic (exact) mass is 2080 g/mol. The number of rotatable bonds is 114. The zero-order valence-corrected chi connectivity index (χ0v) is 99.0. The van der Waals surface area contributed by atoms with Gasteiger partial charge < -0.3 is 51.1 Å². The third-order valence-electron chi connectivity index (χ3n) is 28.4. The van der Waals surface area contributed by atoms with E-state index in [9.17, 15) is 33.6 Å². The van der Waals surface area contributed by atoms with Crippen molar-refractivity contribution in [2.45, 2.75) is 774 Å². The van der Waals surface area contributed by atoms with E-state index < -0.39 is 47.9 Å². The second kappa shape index (κ2) is 154. The van der Waals surface area contributed by atoms with Crippen LogP contribution in [0.15, 0.2) is 0 Å². The largest absolute Gasteiger partial charge is 0.481 e. The second-order valence-corrected chi connectivity index (χ2v) is 43.7. The zero-order chi connectivity index (χ0) is 109. The van der Waals surface area contributed by atoms with Crippen molar-refractivity contribution in [1.82, 2.24) is 0 Å². The van der Waals surface area contributed by atoms with Gasteiger partial charge in [-0.15, -0.1) is 0 Å². The van der Waals surface area contributed by atoms with Crippen LogP contribution in [0.4, 0.5) is 0 Å². The van der Waals surface area contributed by atoms with Gasteiger partial charge in [0.1, 0.15) is 6.10 Å². The van der Waals surface area contributed by atoms with Crippen molar-refractivity contribution in [3.8, 4) is 0 Å². The minimum atomic E-state index is -0.954. The van der Waals surface area contributed by atoms with Gasteiger partial charge in [-0.25, -0.2) is 0 Å². The SMILES string of the molecule is CCCCCCCCCCCCCCCCCC(=O)O.CCCCCCCCCCCCCCCCCC(=O)O.CCCCCCCCCCCCCCCCCC(=O)O.CCCCCCCCCCCCCCCCCC(=O)O.CCCCCCCCCCCCCCCCCC(=O)O.CCCCCCCCCCCCCCCCCC(=O)O.CCCCCCCCCCCCCCCCCC(=O)O.OCC(O)CO. The molecule has 0 aliphatic rings. The molecule has 0 fully saturated rings. The molecule has 0 aromatic carbocycles. The maximum Gasteiger partial charge on any atom is 0.303 e. The van der Waals surface area contributed by atoms with E-state index in [1.165, 1.54) is 584 Å². The van der Waals surface area contributed by atoms with E-state index in [0.29, 0.717) is 44.9 Å². The van der Waals surface area contributed by atoms with Crippen LogP contribution in [-0.2, 0) is 33.6 Å². The lowest BCUT2D eigenvalue weighted by molar-refractivity contribution is -0.138. The maximum atomic E-state index is 10.3. The molecule has 0 amide bonds. The Labute approximate surface area is 908 Å². The molecule has 0 aliphatic heterocycles. The van der Waals surface area contributed by atoms with Gasteiger partial charge in [0.15, 0.2) is 0 Å². The van der Waals surface area contributed by atoms with Gasteiger partial charge >= 0.3 is 41.8 Å². The second-order valence-electron chi connectivity index (χ2n) is 43.7. The molecular formula is C129H260O17. The highest BCUT2D eigenvalue weighted by atomic mass is 16.4. The summed E-state index contributed by atoms with van der Waals surface area (Å²) in [5, 5.41) is 83.6. The summed E-state index contributed by atoms with van der Waals surface area (Å²) in [5.74, 6) is -4.57. The first-order chi connectivity index (χ1) is 71.2. The highest BCUT2D eigenvalue weighted by Crippen LogP contribution is 2.23. The highest BCUT2D eigenvalue weighted by molar-refractivity contribution is 5.68. The van der Waals surface area contributed by atoms with Gasteiger partial charge in [0, 0.05) is 44.9 Å². The Morgan fingerprint density at radius 2 is 0.171 bits per heavy atom. The summed E-state index contributed by atoms with van der Waals surface area (Å²) in [6.45, 7) is 15.2. The van der Waals surface area contributed by atoms with Gasteiger partial charge in [-0.1, -0.05) is 678 Å². The van der Waals surface area contributed by atoms with Gasteiger partial charge in [0.2, 0.25) is 0 Å².